The first-order valence-electron chi connectivity index (χ1n) is 13.3. The topological polar surface area (TPSA) is 84.6 Å². The maximum atomic E-state index is 14.1. The first kappa shape index (κ1) is 27.1. The van der Waals surface area contributed by atoms with Crippen molar-refractivity contribution in [3.05, 3.63) is 101 Å². The molecule has 1 N–H and O–H groups in total. The van der Waals surface area contributed by atoms with Crippen molar-refractivity contribution >= 4 is 17.3 Å². The average Bonchev–Trinajstić information content (AvgIpc) is 3.35. The summed E-state index contributed by atoms with van der Waals surface area (Å²) in [6.45, 7) is 6.59. The van der Waals surface area contributed by atoms with Gasteiger partial charge >= 0.3 is 5.69 Å². The fourth-order valence-electron chi connectivity index (χ4n) is 5.04. The van der Waals surface area contributed by atoms with Gasteiger partial charge in [-0.1, -0.05) is 30.3 Å². The molecule has 4 aromatic rings. The van der Waals surface area contributed by atoms with Crippen LogP contribution in [0.3, 0.4) is 0 Å². The van der Waals surface area contributed by atoms with Gasteiger partial charge < -0.3 is 15.0 Å². The number of amides is 1. The summed E-state index contributed by atoms with van der Waals surface area (Å²) < 4.78 is 22.2. The molecule has 1 atom stereocenters. The van der Waals surface area contributed by atoms with Crippen molar-refractivity contribution in [1.82, 2.24) is 19.2 Å². The van der Waals surface area contributed by atoms with E-state index in [2.05, 4.69) is 20.2 Å². The molecule has 1 unspecified atom stereocenters. The molecule has 3 aromatic carbocycles. The molecule has 0 saturated carbocycles. The zero-order valence-electron chi connectivity index (χ0n) is 22.8. The van der Waals surface area contributed by atoms with Gasteiger partial charge in [0, 0.05) is 49.7 Å². The van der Waals surface area contributed by atoms with Crippen molar-refractivity contribution < 1.29 is 13.9 Å². The summed E-state index contributed by atoms with van der Waals surface area (Å²) in [6, 6.07) is 21.1. The molecule has 0 spiro atoms. The van der Waals surface area contributed by atoms with Crippen LogP contribution in [0.2, 0.25) is 0 Å². The largest absolute Gasteiger partial charge is 0.497 e. The van der Waals surface area contributed by atoms with Crippen molar-refractivity contribution in [2.75, 3.05) is 43.5 Å². The van der Waals surface area contributed by atoms with E-state index in [4.69, 9.17) is 4.74 Å². The molecular formula is C30H33FN6O3. The number of benzene rings is 3. The monoisotopic (exact) mass is 544 g/mol. The molecule has 5 rings (SSSR count). The standard InChI is InChI=1S/C30H33FN6O3/c1-21(2)37-30(39)36(20-32-37)26-11-9-25(10-12-26)34-13-15-35(16-14-34)28(22-7-5-4-6-8-22)29(38)33-24-17-23(31)18-27(19-24)40-3/h4-12,17-21,28H,13-16H2,1-3H3,(H,33,38). The van der Waals surface area contributed by atoms with Crippen LogP contribution in [-0.4, -0.2) is 58.4 Å². The normalized spacial score (nSPS) is 14.8. The third-order valence-corrected chi connectivity index (χ3v) is 7.09. The Hall–Kier alpha value is -4.44. The average molecular weight is 545 g/mol. The van der Waals surface area contributed by atoms with Crippen LogP contribution < -0.4 is 20.6 Å². The maximum Gasteiger partial charge on any atom is 0.350 e. The Labute approximate surface area is 232 Å². The lowest BCUT2D eigenvalue weighted by atomic mass is 10.0. The molecule has 0 bridgehead atoms. The molecule has 10 heteroatoms. The Balaban J connectivity index is 1.29. The van der Waals surface area contributed by atoms with Gasteiger partial charge in [-0.15, -0.1) is 0 Å². The molecule has 1 amide bonds. The number of piperazine rings is 1. The Kier molecular flexibility index (Phi) is 7.97. The SMILES string of the molecule is COc1cc(F)cc(NC(=O)C(c2ccccc2)N2CCN(c3ccc(-n4cnn(C(C)C)c4=O)cc3)CC2)c1. The van der Waals surface area contributed by atoms with E-state index in [1.807, 2.05) is 68.4 Å². The molecule has 0 aliphatic carbocycles. The van der Waals surface area contributed by atoms with Gasteiger partial charge in [-0.3, -0.25) is 9.69 Å². The second-order valence-corrected chi connectivity index (χ2v) is 10.0. The van der Waals surface area contributed by atoms with Crippen molar-refractivity contribution in [2.45, 2.75) is 25.9 Å². The number of aromatic nitrogens is 3. The highest BCUT2D eigenvalue weighted by Crippen LogP contribution is 2.28. The summed E-state index contributed by atoms with van der Waals surface area (Å²) in [6.07, 6.45) is 1.55. The van der Waals surface area contributed by atoms with E-state index in [1.54, 1.807) is 17.0 Å². The molecule has 1 fully saturated rings. The van der Waals surface area contributed by atoms with E-state index in [1.165, 1.54) is 23.9 Å². The van der Waals surface area contributed by atoms with E-state index >= 15 is 0 Å². The quantitative estimate of drug-likeness (QED) is 0.357. The van der Waals surface area contributed by atoms with E-state index in [-0.39, 0.29) is 17.6 Å². The van der Waals surface area contributed by atoms with E-state index in [0.717, 1.165) is 30.0 Å². The van der Waals surface area contributed by atoms with Crippen molar-refractivity contribution in [1.29, 1.82) is 0 Å². The number of carbonyl (C=O) groups excluding carboxylic acids is 1. The Morgan fingerprint density at radius 3 is 2.25 bits per heavy atom. The summed E-state index contributed by atoms with van der Waals surface area (Å²) in [4.78, 5) is 30.6. The van der Waals surface area contributed by atoms with Crippen LogP contribution in [0, 0.1) is 5.82 Å². The zero-order chi connectivity index (χ0) is 28.2. The number of halogens is 1. The minimum atomic E-state index is -0.538. The van der Waals surface area contributed by atoms with Crippen LogP contribution >= 0.6 is 0 Å². The molecular weight excluding hydrogens is 511 g/mol. The summed E-state index contributed by atoms with van der Waals surface area (Å²) in [5.41, 5.74) is 2.85. The minimum absolute atomic E-state index is 0.0113. The predicted molar refractivity (Wildman–Crippen MR) is 153 cm³/mol. The van der Waals surface area contributed by atoms with Gasteiger partial charge in [0.05, 0.1) is 18.8 Å². The summed E-state index contributed by atoms with van der Waals surface area (Å²) in [5.74, 6) is -0.377. The smallest absolute Gasteiger partial charge is 0.350 e. The van der Waals surface area contributed by atoms with Crippen molar-refractivity contribution in [3.8, 4) is 11.4 Å². The van der Waals surface area contributed by atoms with Crippen LogP contribution in [-0.2, 0) is 4.79 Å². The van der Waals surface area contributed by atoms with Gasteiger partial charge in [0.2, 0.25) is 5.91 Å². The first-order chi connectivity index (χ1) is 19.3. The highest BCUT2D eigenvalue weighted by atomic mass is 19.1. The lowest BCUT2D eigenvalue weighted by molar-refractivity contribution is -0.121. The maximum absolute atomic E-state index is 14.1. The summed E-state index contributed by atoms with van der Waals surface area (Å²) in [5, 5.41) is 7.08. The molecule has 1 aliphatic heterocycles. The Morgan fingerprint density at radius 1 is 0.950 bits per heavy atom. The third-order valence-electron chi connectivity index (χ3n) is 7.09. The number of nitrogens with one attached hydrogen (secondary N) is 1. The van der Waals surface area contributed by atoms with Gasteiger partial charge in [0.1, 0.15) is 23.9 Å². The molecule has 9 nitrogen and oxygen atoms in total. The number of methoxy groups -OCH3 is 1. The number of nitrogens with zero attached hydrogens (tertiary/aromatic N) is 5. The molecule has 208 valence electrons. The van der Waals surface area contributed by atoms with Crippen molar-refractivity contribution in [2.24, 2.45) is 0 Å². The fraction of sp³-hybridized carbons (Fsp3) is 0.300. The van der Waals surface area contributed by atoms with Crippen LogP contribution in [0.25, 0.3) is 5.69 Å². The molecule has 0 radical (unpaired) electrons. The van der Waals surface area contributed by atoms with E-state index in [0.29, 0.717) is 24.5 Å². The van der Waals surface area contributed by atoms with Crippen LogP contribution in [0.1, 0.15) is 31.5 Å². The first-order valence-corrected chi connectivity index (χ1v) is 13.3. The number of hydrogen-bond acceptors (Lipinski definition) is 6. The van der Waals surface area contributed by atoms with Gasteiger partial charge in [-0.05, 0) is 49.7 Å². The van der Waals surface area contributed by atoms with Crippen LogP contribution in [0.4, 0.5) is 15.8 Å². The molecule has 1 saturated heterocycles. The highest BCUT2D eigenvalue weighted by Gasteiger charge is 2.31. The third kappa shape index (κ3) is 5.76. The zero-order valence-corrected chi connectivity index (χ0v) is 22.8. The van der Waals surface area contributed by atoms with Gasteiger partial charge in [0.25, 0.3) is 0 Å². The van der Waals surface area contributed by atoms with E-state index in [9.17, 15) is 14.0 Å². The molecule has 1 aromatic heterocycles. The number of carbonyl (C=O) groups is 1. The molecule has 2 heterocycles. The highest BCUT2D eigenvalue weighted by molar-refractivity contribution is 5.95. The molecule has 1 aliphatic rings. The molecule has 40 heavy (non-hydrogen) atoms. The lowest BCUT2D eigenvalue weighted by Gasteiger charge is -2.39. The second-order valence-electron chi connectivity index (χ2n) is 10.0. The van der Waals surface area contributed by atoms with Crippen molar-refractivity contribution in [3.63, 3.8) is 0 Å². The number of rotatable bonds is 8. The van der Waals surface area contributed by atoms with Crippen LogP contribution in [0.15, 0.2) is 83.9 Å². The van der Waals surface area contributed by atoms with E-state index < -0.39 is 11.9 Å². The number of anilines is 2. The second kappa shape index (κ2) is 11.7. The number of hydrogen-bond donors (Lipinski definition) is 1. The summed E-state index contributed by atoms with van der Waals surface area (Å²) >= 11 is 0. The Morgan fingerprint density at radius 2 is 1.62 bits per heavy atom. The van der Waals surface area contributed by atoms with Crippen LogP contribution in [0.5, 0.6) is 5.75 Å². The van der Waals surface area contributed by atoms with Gasteiger partial charge in [-0.25, -0.2) is 18.4 Å². The fourth-order valence-corrected chi connectivity index (χ4v) is 5.04. The Bertz CT molecular complexity index is 1510. The minimum Gasteiger partial charge on any atom is -0.497 e. The number of ether oxygens (including phenoxy) is 1. The van der Waals surface area contributed by atoms with Gasteiger partial charge in [-0.2, -0.15) is 5.10 Å². The summed E-state index contributed by atoms with van der Waals surface area (Å²) in [7, 11) is 1.46. The lowest BCUT2D eigenvalue weighted by Crippen LogP contribution is -2.50. The van der Waals surface area contributed by atoms with Gasteiger partial charge in [0.15, 0.2) is 0 Å². The predicted octanol–water partition coefficient (Wildman–Crippen LogP) is 4.26.